The van der Waals surface area contributed by atoms with Gasteiger partial charge in [0.2, 0.25) is 0 Å². The molecule has 0 saturated heterocycles. The molecule has 0 aliphatic heterocycles. The first-order valence-corrected chi connectivity index (χ1v) is 7.60. The summed E-state index contributed by atoms with van der Waals surface area (Å²) in [5.74, 6) is 0.808. The maximum absolute atomic E-state index is 11.9. The van der Waals surface area contributed by atoms with Crippen molar-refractivity contribution in [2.24, 2.45) is 0 Å². The zero-order valence-electron chi connectivity index (χ0n) is 12.2. The average molecular weight is 348 g/mol. The topological polar surface area (TPSA) is 38.3 Å². The minimum Gasteiger partial charge on any atom is -0.491 e. The lowest BCUT2D eigenvalue weighted by Gasteiger charge is -2.12. The van der Waals surface area contributed by atoms with Crippen molar-refractivity contribution in [2.45, 2.75) is 13.8 Å². The molecule has 2 aromatic carbocycles. The maximum Gasteiger partial charge on any atom is 0.251 e. The molecule has 0 saturated carbocycles. The van der Waals surface area contributed by atoms with E-state index in [9.17, 15) is 4.79 Å². The summed E-state index contributed by atoms with van der Waals surface area (Å²) in [6.07, 6.45) is 0. The minimum absolute atomic E-state index is 0.0902. The molecular formula is C17H18BrNO2. The third-order valence-corrected chi connectivity index (χ3v) is 3.68. The number of aryl methyl sites for hydroxylation is 2. The van der Waals surface area contributed by atoms with Gasteiger partial charge in [-0.2, -0.15) is 0 Å². The van der Waals surface area contributed by atoms with E-state index in [1.54, 1.807) is 12.1 Å². The van der Waals surface area contributed by atoms with E-state index in [-0.39, 0.29) is 5.91 Å². The van der Waals surface area contributed by atoms with Crippen LogP contribution in [0.1, 0.15) is 21.5 Å². The van der Waals surface area contributed by atoms with Crippen molar-refractivity contribution >= 4 is 21.8 Å². The second-order valence-electron chi connectivity index (χ2n) is 4.83. The molecule has 0 spiro atoms. The Morgan fingerprint density at radius 3 is 2.33 bits per heavy atom. The van der Waals surface area contributed by atoms with E-state index in [1.165, 1.54) is 0 Å². The number of carbonyl (C=O) groups excluding carboxylic acids is 1. The molecule has 0 atom stereocenters. The molecule has 0 unspecified atom stereocenters. The lowest BCUT2D eigenvalue weighted by atomic mass is 10.1. The lowest BCUT2D eigenvalue weighted by molar-refractivity contribution is 0.0947. The number of benzene rings is 2. The van der Waals surface area contributed by atoms with Crippen LogP contribution in [0, 0.1) is 13.8 Å². The van der Waals surface area contributed by atoms with Crippen LogP contribution in [0.5, 0.6) is 5.75 Å². The van der Waals surface area contributed by atoms with E-state index in [0.29, 0.717) is 18.7 Å². The Labute approximate surface area is 133 Å². The van der Waals surface area contributed by atoms with Gasteiger partial charge in [0.25, 0.3) is 5.91 Å². The van der Waals surface area contributed by atoms with E-state index < -0.39 is 0 Å². The lowest BCUT2D eigenvalue weighted by Crippen LogP contribution is -2.28. The molecule has 1 amide bonds. The number of rotatable bonds is 5. The minimum atomic E-state index is -0.0902. The fourth-order valence-electron chi connectivity index (χ4n) is 2.05. The number of carbonyl (C=O) groups is 1. The van der Waals surface area contributed by atoms with E-state index in [0.717, 1.165) is 21.3 Å². The fraction of sp³-hybridized carbons (Fsp3) is 0.235. The van der Waals surface area contributed by atoms with Gasteiger partial charge in [0.1, 0.15) is 12.4 Å². The average Bonchev–Trinajstić information content (AvgIpc) is 2.46. The van der Waals surface area contributed by atoms with Crippen molar-refractivity contribution in [3.63, 3.8) is 0 Å². The predicted molar refractivity (Wildman–Crippen MR) is 87.9 cm³/mol. The highest BCUT2D eigenvalue weighted by Gasteiger charge is 2.06. The number of halogens is 1. The van der Waals surface area contributed by atoms with Crippen LogP contribution in [-0.4, -0.2) is 19.1 Å². The van der Waals surface area contributed by atoms with Crippen LogP contribution >= 0.6 is 15.9 Å². The van der Waals surface area contributed by atoms with E-state index in [4.69, 9.17) is 4.74 Å². The molecule has 0 bridgehead atoms. The molecular weight excluding hydrogens is 330 g/mol. The van der Waals surface area contributed by atoms with Crippen molar-refractivity contribution in [1.29, 1.82) is 0 Å². The van der Waals surface area contributed by atoms with Crippen LogP contribution < -0.4 is 10.1 Å². The monoisotopic (exact) mass is 347 g/mol. The third kappa shape index (κ3) is 4.33. The smallest absolute Gasteiger partial charge is 0.251 e. The molecule has 2 rings (SSSR count). The quantitative estimate of drug-likeness (QED) is 0.833. The number of para-hydroxylation sites is 1. The maximum atomic E-state index is 11.9. The molecule has 0 radical (unpaired) electrons. The highest BCUT2D eigenvalue weighted by Crippen LogP contribution is 2.21. The zero-order valence-corrected chi connectivity index (χ0v) is 13.7. The number of ether oxygens (including phenoxy) is 1. The molecule has 0 aromatic heterocycles. The van der Waals surface area contributed by atoms with Crippen LogP contribution in [0.2, 0.25) is 0 Å². The van der Waals surface area contributed by atoms with Gasteiger partial charge in [0, 0.05) is 10.0 Å². The molecule has 110 valence electrons. The van der Waals surface area contributed by atoms with E-state index in [1.807, 2.05) is 44.2 Å². The summed E-state index contributed by atoms with van der Waals surface area (Å²) in [7, 11) is 0. The Morgan fingerprint density at radius 2 is 1.71 bits per heavy atom. The van der Waals surface area contributed by atoms with Gasteiger partial charge in [-0.05, 0) is 49.2 Å². The molecule has 0 aliphatic carbocycles. The fourth-order valence-corrected chi connectivity index (χ4v) is 2.31. The van der Waals surface area contributed by atoms with Crippen molar-refractivity contribution < 1.29 is 9.53 Å². The van der Waals surface area contributed by atoms with Crippen molar-refractivity contribution in [1.82, 2.24) is 5.32 Å². The molecule has 21 heavy (non-hydrogen) atoms. The summed E-state index contributed by atoms with van der Waals surface area (Å²) in [6.45, 7) is 4.96. The first-order chi connectivity index (χ1) is 10.1. The van der Waals surface area contributed by atoms with Crippen LogP contribution in [0.25, 0.3) is 0 Å². The SMILES string of the molecule is Cc1cccc(C)c1OCCNC(=O)c1ccc(Br)cc1. The van der Waals surface area contributed by atoms with Gasteiger partial charge in [-0.25, -0.2) is 0 Å². The summed E-state index contributed by atoms with van der Waals surface area (Å²) >= 11 is 3.35. The number of hydrogen-bond donors (Lipinski definition) is 1. The highest BCUT2D eigenvalue weighted by molar-refractivity contribution is 9.10. The van der Waals surface area contributed by atoms with Gasteiger partial charge < -0.3 is 10.1 Å². The number of amides is 1. The van der Waals surface area contributed by atoms with Gasteiger partial charge in [0.15, 0.2) is 0 Å². The molecule has 0 aliphatic rings. The summed E-state index contributed by atoms with van der Waals surface area (Å²) in [5, 5.41) is 2.85. The largest absolute Gasteiger partial charge is 0.491 e. The van der Waals surface area contributed by atoms with Crippen LogP contribution in [0.3, 0.4) is 0 Å². The molecule has 3 nitrogen and oxygen atoms in total. The summed E-state index contributed by atoms with van der Waals surface area (Å²) in [6, 6.07) is 13.3. The first-order valence-electron chi connectivity index (χ1n) is 6.80. The Hall–Kier alpha value is -1.81. The number of nitrogens with one attached hydrogen (secondary N) is 1. The molecule has 1 N–H and O–H groups in total. The summed E-state index contributed by atoms with van der Waals surface area (Å²) in [5.41, 5.74) is 2.86. The van der Waals surface area contributed by atoms with Gasteiger partial charge in [0.05, 0.1) is 6.54 Å². The van der Waals surface area contributed by atoms with Crippen LogP contribution in [0.4, 0.5) is 0 Å². The Morgan fingerprint density at radius 1 is 1.10 bits per heavy atom. The van der Waals surface area contributed by atoms with Gasteiger partial charge in [-0.3, -0.25) is 4.79 Å². The predicted octanol–water partition coefficient (Wildman–Crippen LogP) is 3.87. The Bertz CT molecular complexity index is 603. The van der Waals surface area contributed by atoms with Crippen molar-refractivity contribution in [3.8, 4) is 5.75 Å². The molecule has 4 heteroatoms. The zero-order chi connectivity index (χ0) is 15.2. The Kier molecular flexibility index (Phi) is 5.39. The highest BCUT2D eigenvalue weighted by atomic mass is 79.9. The summed E-state index contributed by atoms with van der Waals surface area (Å²) < 4.78 is 6.71. The van der Waals surface area contributed by atoms with E-state index in [2.05, 4.69) is 21.2 Å². The standard InChI is InChI=1S/C17H18BrNO2/c1-12-4-3-5-13(2)16(12)21-11-10-19-17(20)14-6-8-15(18)9-7-14/h3-9H,10-11H2,1-2H3,(H,19,20). The van der Waals surface area contributed by atoms with Gasteiger partial charge >= 0.3 is 0 Å². The Balaban J connectivity index is 1.82. The van der Waals surface area contributed by atoms with Crippen LogP contribution in [-0.2, 0) is 0 Å². The first kappa shape index (κ1) is 15.6. The van der Waals surface area contributed by atoms with Crippen molar-refractivity contribution in [2.75, 3.05) is 13.2 Å². The van der Waals surface area contributed by atoms with Crippen LogP contribution in [0.15, 0.2) is 46.9 Å². The number of hydrogen-bond acceptors (Lipinski definition) is 2. The van der Waals surface area contributed by atoms with Gasteiger partial charge in [-0.15, -0.1) is 0 Å². The molecule has 0 fully saturated rings. The van der Waals surface area contributed by atoms with Gasteiger partial charge in [-0.1, -0.05) is 34.1 Å². The molecule has 2 aromatic rings. The normalized spacial score (nSPS) is 10.2. The van der Waals surface area contributed by atoms with Crippen molar-refractivity contribution in [3.05, 3.63) is 63.6 Å². The second-order valence-corrected chi connectivity index (χ2v) is 5.75. The van der Waals surface area contributed by atoms with E-state index >= 15 is 0 Å². The third-order valence-electron chi connectivity index (χ3n) is 3.15. The molecule has 0 heterocycles. The summed E-state index contributed by atoms with van der Waals surface area (Å²) in [4.78, 5) is 11.9. The second kappa shape index (κ2) is 7.27.